The maximum atomic E-state index is 10.6. The Bertz CT molecular complexity index is 1440. The van der Waals surface area contributed by atoms with Crippen LogP contribution in [0.4, 0.5) is 38.1 Å². The van der Waals surface area contributed by atoms with Gasteiger partial charge in [-0.2, -0.15) is 51.1 Å². The minimum Gasteiger partial charge on any atom is -0.475 e. The van der Waals surface area contributed by atoms with Crippen LogP contribution in [-0.2, 0) is 9.59 Å². The molecule has 0 spiro atoms. The van der Waals surface area contributed by atoms with Gasteiger partial charge in [-0.15, -0.1) is 0 Å². The molecule has 0 aliphatic carbocycles. The highest BCUT2D eigenvalue weighted by molar-refractivity contribution is 5.77. The monoisotopic (exact) mass is 572 g/mol. The number of anilines is 2. The largest absolute Gasteiger partial charge is 0.490 e. The fourth-order valence-electron chi connectivity index (χ4n) is 2.74. The van der Waals surface area contributed by atoms with Crippen molar-refractivity contribution in [3.05, 3.63) is 60.4 Å². The van der Waals surface area contributed by atoms with Gasteiger partial charge in [-0.3, -0.25) is 4.98 Å². The molecule has 4 rings (SSSR count). The number of carboxylic acid groups (broad SMARTS) is 2. The fraction of sp³-hybridized carbons (Fsp3) is 0.136. The highest BCUT2D eigenvalue weighted by atomic mass is 19.4. The second-order valence-electron chi connectivity index (χ2n) is 7.26. The summed E-state index contributed by atoms with van der Waals surface area (Å²) in [5.41, 5.74) is 15.4. The average Bonchev–Trinajstić information content (AvgIpc) is 3.18. The Balaban J connectivity index is 0.000000333. The van der Waals surface area contributed by atoms with E-state index in [2.05, 4.69) is 25.0 Å². The number of aryl methyl sites for hydroxylation is 1. The van der Waals surface area contributed by atoms with Gasteiger partial charge < -0.3 is 21.7 Å². The summed E-state index contributed by atoms with van der Waals surface area (Å²) < 4.78 is 64.9. The van der Waals surface area contributed by atoms with Gasteiger partial charge in [-0.25, -0.2) is 9.59 Å². The van der Waals surface area contributed by atoms with E-state index in [1.165, 1.54) is 4.68 Å². The summed E-state index contributed by atoms with van der Waals surface area (Å²) in [5.74, 6) is -4.39. The van der Waals surface area contributed by atoms with Gasteiger partial charge in [0.25, 0.3) is 5.95 Å². The second-order valence-corrected chi connectivity index (χ2v) is 7.26. The van der Waals surface area contributed by atoms with Crippen LogP contribution in [0.3, 0.4) is 0 Å². The first-order valence-electron chi connectivity index (χ1n) is 10.5. The van der Waals surface area contributed by atoms with E-state index in [9.17, 15) is 26.3 Å². The van der Waals surface area contributed by atoms with Crippen molar-refractivity contribution < 1.29 is 46.1 Å². The third kappa shape index (κ3) is 8.36. The zero-order valence-electron chi connectivity index (χ0n) is 20.0. The lowest BCUT2D eigenvalue weighted by atomic mass is 10.1. The van der Waals surface area contributed by atoms with Crippen LogP contribution in [0.25, 0.3) is 28.6 Å². The molecule has 212 valence electrons. The second kappa shape index (κ2) is 12.5. The quantitative estimate of drug-likeness (QED) is 0.262. The summed E-state index contributed by atoms with van der Waals surface area (Å²) >= 11 is 0. The van der Waals surface area contributed by atoms with Crippen LogP contribution >= 0.6 is 0 Å². The number of hydrogen-bond acceptors (Lipinski definition) is 9. The van der Waals surface area contributed by atoms with E-state index in [4.69, 9.17) is 31.3 Å². The third-order valence-electron chi connectivity index (χ3n) is 4.37. The first kappa shape index (κ1) is 30.9. The number of halogens is 6. The summed E-state index contributed by atoms with van der Waals surface area (Å²) in [6.07, 6.45) is -8.51. The molecule has 3 aromatic heterocycles. The topological polar surface area (TPSA) is 196 Å². The molecule has 0 unspecified atom stereocenters. The predicted molar refractivity (Wildman–Crippen MR) is 127 cm³/mol. The minimum absolute atomic E-state index is 0.0736. The number of pyridine rings is 1. The molecule has 12 nitrogen and oxygen atoms in total. The lowest BCUT2D eigenvalue weighted by molar-refractivity contribution is -0.193. The molecule has 18 heteroatoms. The van der Waals surface area contributed by atoms with Crippen LogP contribution in [0, 0.1) is 6.92 Å². The molecule has 0 radical (unpaired) electrons. The maximum Gasteiger partial charge on any atom is 0.490 e. The predicted octanol–water partition coefficient (Wildman–Crippen LogP) is 3.53. The summed E-state index contributed by atoms with van der Waals surface area (Å²) in [4.78, 5) is 34.8. The van der Waals surface area contributed by atoms with E-state index in [1.54, 1.807) is 12.3 Å². The first-order chi connectivity index (χ1) is 18.5. The van der Waals surface area contributed by atoms with Gasteiger partial charge in [-0.05, 0) is 24.6 Å². The van der Waals surface area contributed by atoms with Gasteiger partial charge >= 0.3 is 24.3 Å². The van der Waals surface area contributed by atoms with Crippen molar-refractivity contribution >= 4 is 23.7 Å². The number of carbonyl (C=O) groups is 2. The molecule has 1 aromatic carbocycles. The molecule has 0 amide bonds. The van der Waals surface area contributed by atoms with E-state index < -0.39 is 24.3 Å². The van der Waals surface area contributed by atoms with Crippen LogP contribution in [0.2, 0.25) is 0 Å². The number of benzene rings is 1. The van der Waals surface area contributed by atoms with Crippen LogP contribution in [-0.4, -0.2) is 64.2 Å². The van der Waals surface area contributed by atoms with Crippen LogP contribution in [0.1, 0.15) is 5.69 Å². The molecule has 0 aliphatic heterocycles. The highest BCUT2D eigenvalue weighted by Crippen LogP contribution is 2.30. The normalized spacial score (nSPS) is 11.0. The fourth-order valence-corrected chi connectivity index (χ4v) is 2.74. The van der Waals surface area contributed by atoms with Gasteiger partial charge in [-0.1, -0.05) is 36.4 Å². The van der Waals surface area contributed by atoms with E-state index in [0.717, 1.165) is 16.8 Å². The Morgan fingerprint density at radius 3 is 1.82 bits per heavy atom. The van der Waals surface area contributed by atoms with Crippen molar-refractivity contribution in [1.29, 1.82) is 0 Å². The molecule has 0 atom stereocenters. The maximum absolute atomic E-state index is 10.6. The van der Waals surface area contributed by atoms with Crippen molar-refractivity contribution in [2.45, 2.75) is 19.3 Å². The van der Waals surface area contributed by atoms with E-state index in [0.29, 0.717) is 17.3 Å². The number of aromatic nitrogens is 6. The van der Waals surface area contributed by atoms with Crippen molar-refractivity contribution in [2.24, 2.45) is 0 Å². The molecule has 6 N–H and O–H groups in total. The molecular formula is C22H18F6N8O4. The average molecular weight is 572 g/mol. The molecule has 4 aromatic rings. The number of nitrogens with two attached hydrogens (primary N) is 2. The SMILES string of the molecule is Cc1nn(-c2nc(N)nc(-c3ccccn3)n2)c(N)c1-c1ccccc1.O=C(O)C(F)(F)F.O=C(O)C(F)(F)F. The highest BCUT2D eigenvalue weighted by Gasteiger charge is 2.38. The van der Waals surface area contributed by atoms with Crippen LogP contribution in [0.5, 0.6) is 0 Å². The molecule has 3 heterocycles. The number of nitrogen functional groups attached to an aromatic ring is 2. The number of alkyl halides is 6. The molecule has 0 fully saturated rings. The number of rotatable bonds is 3. The summed E-state index contributed by atoms with van der Waals surface area (Å²) in [6, 6.07) is 15.3. The third-order valence-corrected chi connectivity index (χ3v) is 4.37. The van der Waals surface area contributed by atoms with E-state index >= 15 is 0 Å². The van der Waals surface area contributed by atoms with E-state index in [1.807, 2.05) is 49.4 Å². The Hall–Kier alpha value is -5.29. The zero-order chi connectivity index (χ0) is 30.3. The Kier molecular flexibility index (Phi) is 9.67. The van der Waals surface area contributed by atoms with Crippen LogP contribution < -0.4 is 11.5 Å². The lowest BCUT2D eigenvalue weighted by Crippen LogP contribution is -2.21. The molecule has 0 aliphatic rings. The van der Waals surface area contributed by atoms with Gasteiger partial charge in [0.1, 0.15) is 11.5 Å². The molecule has 0 saturated carbocycles. The van der Waals surface area contributed by atoms with Crippen molar-refractivity contribution in [1.82, 2.24) is 29.7 Å². The first-order valence-corrected chi connectivity index (χ1v) is 10.5. The van der Waals surface area contributed by atoms with Gasteiger partial charge in [0.2, 0.25) is 5.95 Å². The Morgan fingerprint density at radius 2 is 1.35 bits per heavy atom. The minimum atomic E-state index is -5.08. The van der Waals surface area contributed by atoms with E-state index in [-0.39, 0.29) is 11.9 Å². The standard InChI is InChI=1S/C18H16N8.2C2HF3O2/c1-11-14(12-7-3-2-4-8-12)15(19)26(25-11)18-23-16(22-17(20)24-18)13-9-5-6-10-21-13;2*3-2(4,5)1(6)7/h2-10H,19H2,1H3,(H2,20,22,23,24);2*(H,6,7). The summed E-state index contributed by atoms with van der Waals surface area (Å²) in [7, 11) is 0. The van der Waals surface area contributed by atoms with Gasteiger partial charge in [0.05, 0.1) is 5.69 Å². The summed E-state index contributed by atoms with van der Waals surface area (Å²) in [5, 5.41) is 18.7. The Morgan fingerprint density at radius 1 is 0.825 bits per heavy atom. The number of aliphatic carboxylic acids is 2. The molecular weight excluding hydrogens is 554 g/mol. The zero-order valence-corrected chi connectivity index (χ0v) is 20.0. The summed E-state index contributed by atoms with van der Waals surface area (Å²) in [6.45, 7) is 1.89. The molecule has 0 saturated heterocycles. The lowest BCUT2D eigenvalue weighted by Gasteiger charge is -2.06. The molecule has 0 bridgehead atoms. The van der Waals surface area contributed by atoms with Crippen molar-refractivity contribution in [3.8, 4) is 28.6 Å². The number of carboxylic acids is 2. The van der Waals surface area contributed by atoms with Crippen molar-refractivity contribution in [3.63, 3.8) is 0 Å². The van der Waals surface area contributed by atoms with Crippen LogP contribution in [0.15, 0.2) is 54.7 Å². The smallest absolute Gasteiger partial charge is 0.475 e. The number of nitrogens with zero attached hydrogens (tertiary/aromatic N) is 6. The van der Waals surface area contributed by atoms with Gasteiger partial charge in [0, 0.05) is 11.8 Å². The van der Waals surface area contributed by atoms with Crippen molar-refractivity contribution in [2.75, 3.05) is 11.5 Å². The Labute approximate surface area is 220 Å². The molecule has 40 heavy (non-hydrogen) atoms. The van der Waals surface area contributed by atoms with Gasteiger partial charge in [0.15, 0.2) is 5.82 Å². The number of hydrogen-bond donors (Lipinski definition) is 4.